The number of anilines is 1. The first-order chi connectivity index (χ1) is 16.1. The lowest BCUT2D eigenvalue weighted by Crippen LogP contribution is -2.15. The second-order valence-electron chi connectivity index (χ2n) is 8.44. The minimum absolute atomic E-state index is 0.267. The predicted octanol–water partition coefficient (Wildman–Crippen LogP) is 5.94. The van der Waals surface area contributed by atoms with E-state index < -0.39 is 0 Å². The van der Waals surface area contributed by atoms with Crippen molar-refractivity contribution in [2.75, 3.05) is 5.32 Å². The molecule has 0 atom stereocenters. The van der Waals surface area contributed by atoms with E-state index in [-0.39, 0.29) is 18.3 Å². The van der Waals surface area contributed by atoms with Gasteiger partial charge in [-0.15, -0.1) is 0 Å². The van der Waals surface area contributed by atoms with E-state index in [0.717, 1.165) is 31.1 Å². The molecule has 5 nitrogen and oxygen atoms in total. The van der Waals surface area contributed by atoms with E-state index in [1.54, 1.807) is 12.1 Å². The number of nitrogens with zero attached hydrogens (tertiary/aromatic N) is 1. The highest BCUT2D eigenvalue weighted by Gasteiger charge is 2.20. The van der Waals surface area contributed by atoms with Crippen LogP contribution in [-0.4, -0.2) is 10.8 Å². The summed E-state index contributed by atoms with van der Waals surface area (Å²) in [4.78, 5) is 15.1. The molecule has 0 aliphatic carbocycles. The molecule has 3 aromatic carbocycles. The number of ether oxygens (including phenoxy) is 1. The number of nitrogens with one attached hydrogen (secondary N) is 1. The van der Waals surface area contributed by atoms with Gasteiger partial charge in [0, 0.05) is 25.3 Å². The molecule has 1 amide bonds. The van der Waals surface area contributed by atoms with Crippen LogP contribution in [0.1, 0.15) is 38.6 Å². The van der Waals surface area contributed by atoms with Crippen molar-refractivity contribution in [1.29, 1.82) is 0 Å². The number of hydrogen-bond donors (Lipinski definition) is 1. The fraction of sp³-hybridized carbons (Fsp3) is 0.179. The van der Waals surface area contributed by atoms with E-state index in [9.17, 15) is 4.79 Å². The lowest BCUT2D eigenvalue weighted by Gasteiger charge is -2.14. The molecule has 5 rings (SSSR count). The summed E-state index contributed by atoms with van der Waals surface area (Å²) in [5.74, 6) is 1.37. The summed E-state index contributed by atoms with van der Waals surface area (Å²) >= 11 is 0. The van der Waals surface area contributed by atoms with Crippen molar-refractivity contribution >= 4 is 11.6 Å². The zero-order valence-corrected chi connectivity index (χ0v) is 18.6. The van der Waals surface area contributed by atoms with Gasteiger partial charge in [-0.25, -0.2) is 0 Å². The molecular weight excluding hydrogens is 412 g/mol. The molecule has 0 radical (unpaired) electrons. The Labute approximate surface area is 193 Å². The van der Waals surface area contributed by atoms with Crippen LogP contribution in [0.25, 0.3) is 0 Å². The number of amides is 1. The number of fused-ring (bicyclic) bond motifs is 1. The first kappa shape index (κ1) is 21.0. The SMILES string of the molecule is Cc1ccc(OCc2ccc(C(=O)Nc3ccc4c(c3)CN(Cc3ccccc3)C4)o2)cc1. The Bertz CT molecular complexity index is 1250. The second-order valence-corrected chi connectivity index (χ2v) is 8.44. The minimum atomic E-state index is -0.268. The third kappa shape index (κ3) is 5.16. The Morgan fingerprint density at radius 3 is 2.55 bits per heavy atom. The van der Waals surface area contributed by atoms with E-state index >= 15 is 0 Å². The topological polar surface area (TPSA) is 54.7 Å². The number of aryl methyl sites for hydroxylation is 1. The summed E-state index contributed by atoms with van der Waals surface area (Å²) in [6.45, 7) is 5.00. The summed E-state index contributed by atoms with van der Waals surface area (Å²) in [5.41, 5.74) is 5.80. The van der Waals surface area contributed by atoms with E-state index in [1.165, 1.54) is 22.3 Å². The molecule has 33 heavy (non-hydrogen) atoms. The molecule has 1 aliphatic heterocycles. The van der Waals surface area contributed by atoms with Crippen molar-refractivity contribution in [2.24, 2.45) is 0 Å². The smallest absolute Gasteiger partial charge is 0.291 e. The molecule has 0 bridgehead atoms. The van der Waals surface area contributed by atoms with E-state index in [0.29, 0.717) is 5.76 Å². The lowest BCUT2D eigenvalue weighted by atomic mass is 10.1. The third-order valence-corrected chi connectivity index (χ3v) is 5.79. The minimum Gasteiger partial charge on any atom is -0.486 e. The van der Waals surface area contributed by atoms with Crippen molar-refractivity contribution in [3.8, 4) is 5.75 Å². The third-order valence-electron chi connectivity index (χ3n) is 5.79. The van der Waals surface area contributed by atoms with Gasteiger partial charge in [0.2, 0.25) is 0 Å². The molecule has 0 saturated carbocycles. The van der Waals surface area contributed by atoms with E-state index in [4.69, 9.17) is 9.15 Å². The maximum atomic E-state index is 12.7. The molecule has 5 heteroatoms. The molecule has 1 aliphatic rings. The molecule has 0 unspecified atom stereocenters. The van der Waals surface area contributed by atoms with Crippen molar-refractivity contribution in [2.45, 2.75) is 33.2 Å². The van der Waals surface area contributed by atoms with E-state index in [2.05, 4.69) is 46.6 Å². The van der Waals surface area contributed by atoms with Crippen molar-refractivity contribution in [1.82, 2.24) is 4.90 Å². The first-order valence-corrected chi connectivity index (χ1v) is 11.1. The maximum absolute atomic E-state index is 12.7. The average Bonchev–Trinajstić information content (AvgIpc) is 3.46. The molecule has 1 N–H and O–H groups in total. The second kappa shape index (κ2) is 9.35. The molecule has 4 aromatic rings. The molecule has 2 heterocycles. The van der Waals surface area contributed by atoms with Crippen LogP contribution in [0.2, 0.25) is 0 Å². The highest BCUT2D eigenvalue weighted by molar-refractivity contribution is 6.02. The Kier molecular flexibility index (Phi) is 5.96. The number of hydrogen-bond acceptors (Lipinski definition) is 4. The van der Waals surface area contributed by atoms with Crippen LogP contribution in [0.5, 0.6) is 5.75 Å². The molecule has 1 aromatic heterocycles. The van der Waals surface area contributed by atoms with E-state index in [1.807, 2.05) is 43.3 Å². The highest BCUT2D eigenvalue weighted by Crippen LogP contribution is 2.27. The van der Waals surface area contributed by atoms with Crippen LogP contribution in [0.3, 0.4) is 0 Å². The summed E-state index contributed by atoms with van der Waals surface area (Å²) in [5, 5.41) is 2.95. The number of carbonyl (C=O) groups is 1. The normalized spacial score (nSPS) is 13.0. The summed E-state index contributed by atoms with van der Waals surface area (Å²) in [6, 6.07) is 27.9. The van der Waals surface area contributed by atoms with Gasteiger partial charge in [-0.3, -0.25) is 9.69 Å². The van der Waals surface area contributed by atoms with Crippen LogP contribution in [-0.2, 0) is 26.2 Å². The summed E-state index contributed by atoms with van der Waals surface area (Å²) in [6.07, 6.45) is 0. The zero-order valence-electron chi connectivity index (χ0n) is 18.6. The Morgan fingerprint density at radius 2 is 1.73 bits per heavy atom. The maximum Gasteiger partial charge on any atom is 0.291 e. The Balaban J connectivity index is 1.17. The number of carbonyl (C=O) groups excluding carboxylic acids is 1. The highest BCUT2D eigenvalue weighted by atomic mass is 16.5. The van der Waals surface area contributed by atoms with Gasteiger partial charge in [0.05, 0.1) is 0 Å². The van der Waals surface area contributed by atoms with Gasteiger partial charge < -0.3 is 14.5 Å². The molecule has 166 valence electrons. The summed E-state index contributed by atoms with van der Waals surface area (Å²) < 4.78 is 11.4. The van der Waals surface area contributed by atoms with Gasteiger partial charge in [-0.2, -0.15) is 0 Å². The van der Waals surface area contributed by atoms with Gasteiger partial charge in [0.25, 0.3) is 5.91 Å². The van der Waals surface area contributed by atoms with Gasteiger partial charge in [-0.05, 0) is 60.0 Å². The van der Waals surface area contributed by atoms with Crippen LogP contribution < -0.4 is 10.1 Å². The quantitative estimate of drug-likeness (QED) is 0.388. The van der Waals surface area contributed by atoms with Crippen molar-refractivity contribution in [3.63, 3.8) is 0 Å². The van der Waals surface area contributed by atoms with Crippen molar-refractivity contribution in [3.05, 3.63) is 119 Å². The molecule has 0 fully saturated rings. The largest absolute Gasteiger partial charge is 0.486 e. The Hall–Kier alpha value is -3.83. The van der Waals surface area contributed by atoms with Gasteiger partial charge in [-0.1, -0.05) is 54.1 Å². The standard InChI is InChI=1S/C28H26N2O3/c1-20-7-11-25(12-8-20)32-19-26-13-14-27(33-26)28(31)29-24-10-9-22-17-30(18-23(22)15-24)16-21-5-3-2-4-6-21/h2-15H,16-19H2,1H3,(H,29,31). The average molecular weight is 439 g/mol. The lowest BCUT2D eigenvalue weighted by molar-refractivity contribution is 0.0992. The number of rotatable bonds is 7. The fourth-order valence-corrected chi connectivity index (χ4v) is 4.06. The van der Waals surface area contributed by atoms with Crippen LogP contribution in [0.15, 0.2) is 89.3 Å². The number of benzene rings is 3. The molecule has 0 spiro atoms. The van der Waals surface area contributed by atoms with Crippen LogP contribution >= 0.6 is 0 Å². The first-order valence-electron chi connectivity index (χ1n) is 11.1. The fourth-order valence-electron chi connectivity index (χ4n) is 4.06. The van der Waals surface area contributed by atoms with Gasteiger partial charge in [0.15, 0.2) is 5.76 Å². The Morgan fingerprint density at radius 1 is 0.939 bits per heavy atom. The van der Waals surface area contributed by atoms with Crippen LogP contribution in [0.4, 0.5) is 5.69 Å². The molecule has 0 saturated heterocycles. The monoisotopic (exact) mass is 438 g/mol. The predicted molar refractivity (Wildman–Crippen MR) is 128 cm³/mol. The summed E-state index contributed by atoms with van der Waals surface area (Å²) in [7, 11) is 0. The number of furan rings is 1. The van der Waals surface area contributed by atoms with Gasteiger partial charge >= 0.3 is 0 Å². The van der Waals surface area contributed by atoms with Gasteiger partial charge in [0.1, 0.15) is 18.1 Å². The van der Waals surface area contributed by atoms with Crippen molar-refractivity contribution < 1.29 is 13.9 Å². The molecular formula is C28H26N2O3. The zero-order chi connectivity index (χ0) is 22.6. The van der Waals surface area contributed by atoms with Crippen LogP contribution in [0, 0.1) is 6.92 Å².